The smallest absolute Gasteiger partial charge is 0.139 e. The van der Waals surface area contributed by atoms with Crippen molar-refractivity contribution < 1.29 is 0 Å². The molecule has 1 rings (SSSR count). The Morgan fingerprint density at radius 1 is 1.88 bits per heavy atom. The molecular formula is C3H9N5. The van der Waals surface area contributed by atoms with Crippen LogP contribution in [0.1, 0.15) is 0 Å². The molecule has 0 amide bonds. The summed E-state index contributed by atoms with van der Waals surface area (Å²) in [4.78, 5) is 0. The fourth-order valence-corrected chi connectivity index (χ4v) is 0.485. The van der Waals surface area contributed by atoms with Gasteiger partial charge >= 0.3 is 0 Å². The molecule has 0 aromatic heterocycles. The van der Waals surface area contributed by atoms with E-state index in [-0.39, 0.29) is 0 Å². The van der Waals surface area contributed by atoms with Gasteiger partial charge in [-0.25, -0.2) is 16.4 Å². The highest BCUT2D eigenvalue weighted by Crippen LogP contribution is 1.89. The van der Waals surface area contributed by atoms with E-state index in [0.717, 1.165) is 0 Å². The maximum absolute atomic E-state index is 5.30. The quantitative estimate of drug-likeness (QED) is 0.409. The first-order valence-electron chi connectivity index (χ1n) is 2.33. The molecule has 5 nitrogen and oxygen atoms in total. The van der Waals surface area contributed by atoms with Crippen LogP contribution in [0, 0.1) is 0 Å². The lowest BCUT2D eigenvalue weighted by Crippen LogP contribution is -2.37. The maximum Gasteiger partial charge on any atom is 0.139 e. The Kier molecular flexibility index (Phi) is 1.32. The summed E-state index contributed by atoms with van der Waals surface area (Å²) < 4.78 is 0. The Labute approximate surface area is 47.7 Å². The summed E-state index contributed by atoms with van der Waals surface area (Å²) in [6, 6.07) is 0. The first kappa shape index (κ1) is 5.33. The van der Waals surface area contributed by atoms with Gasteiger partial charge in [0.05, 0.1) is 0 Å². The molecule has 0 spiro atoms. The zero-order valence-electron chi connectivity index (χ0n) is 4.70. The van der Waals surface area contributed by atoms with Gasteiger partial charge in [-0.3, -0.25) is 5.01 Å². The number of hydrazone groups is 1. The van der Waals surface area contributed by atoms with Crippen molar-refractivity contribution in [3.63, 3.8) is 0 Å². The van der Waals surface area contributed by atoms with E-state index in [4.69, 9.17) is 5.84 Å². The van der Waals surface area contributed by atoms with Gasteiger partial charge in [0.15, 0.2) is 0 Å². The van der Waals surface area contributed by atoms with Crippen LogP contribution in [0.3, 0.4) is 0 Å². The molecule has 1 aliphatic heterocycles. The number of nitrogens with two attached hydrogens (primary N) is 1. The Morgan fingerprint density at radius 2 is 2.62 bits per heavy atom. The number of rotatable bonds is 1. The first-order chi connectivity index (χ1) is 3.83. The summed E-state index contributed by atoms with van der Waals surface area (Å²) in [6.45, 7) is 0.608. The van der Waals surface area contributed by atoms with E-state index in [0.29, 0.717) is 6.67 Å². The van der Waals surface area contributed by atoms with Crippen molar-refractivity contribution in [2.24, 2.45) is 10.9 Å². The highest BCUT2D eigenvalue weighted by atomic mass is 15.8. The fraction of sp³-hybridized carbons (Fsp3) is 0.667. The van der Waals surface area contributed by atoms with Crippen molar-refractivity contribution in [2.75, 3.05) is 13.7 Å². The van der Waals surface area contributed by atoms with Gasteiger partial charge in [-0.2, -0.15) is 0 Å². The van der Waals surface area contributed by atoms with Crippen LogP contribution in [0.25, 0.3) is 0 Å². The molecule has 0 aromatic carbocycles. The summed E-state index contributed by atoms with van der Waals surface area (Å²) in [6.07, 6.45) is 1.55. The molecule has 0 unspecified atom stereocenters. The Balaban J connectivity index is 2.34. The molecule has 1 heterocycles. The molecule has 1 aliphatic rings. The number of hydrazine groups is 2. The highest BCUT2D eigenvalue weighted by Gasteiger charge is 2.05. The standard InChI is InChI=1S/C3H9N5/c1-5-8-3-7(4)2-6-8/h2,5H,3-4H2,1H3. The van der Waals surface area contributed by atoms with E-state index >= 15 is 0 Å². The molecule has 0 saturated carbocycles. The Morgan fingerprint density at radius 3 is 2.88 bits per heavy atom. The van der Waals surface area contributed by atoms with E-state index in [1.165, 1.54) is 5.01 Å². The largest absolute Gasteiger partial charge is 0.276 e. The van der Waals surface area contributed by atoms with E-state index in [9.17, 15) is 0 Å². The van der Waals surface area contributed by atoms with Gasteiger partial charge in [-0.05, 0) is 0 Å². The average molecular weight is 115 g/mol. The van der Waals surface area contributed by atoms with Gasteiger partial charge < -0.3 is 0 Å². The predicted molar refractivity (Wildman–Crippen MR) is 30.3 cm³/mol. The zero-order chi connectivity index (χ0) is 5.98. The zero-order valence-corrected chi connectivity index (χ0v) is 4.70. The third kappa shape index (κ3) is 0.877. The average Bonchev–Trinajstić information content (AvgIpc) is 2.14. The Bertz CT molecular complexity index is 99.8. The second-order valence-electron chi connectivity index (χ2n) is 1.51. The predicted octanol–water partition coefficient (Wildman–Crippen LogP) is -1.49. The molecule has 8 heavy (non-hydrogen) atoms. The lowest BCUT2D eigenvalue weighted by Gasteiger charge is -2.12. The topological polar surface area (TPSA) is 56.9 Å². The molecule has 0 aromatic rings. The number of nitrogens with zero attached hydrogens (tertiary/aromatic N) is 3. The van der Waals surface area contributed by atoms with E-state index in [1.54, 1.807) is 18.5 Å². The van der Waals surface area contributed by atoms with Crippen molar-refractivity contribution in [1.29, 1.82) is 0 Å². The molecule has 0 aliphatic carbocycles. The van der Waals surface area contributed by atoms with Crippen LogP contribution >= 0.6 is 0 Å². The molecule has 5 heteroatoms. The normalized spacial score (nSPS) is 18.2. The maximum atomic E-state index is 5.30. The Hall–Kier alpha value is -0.810. The SMILES string of the molecule is CNN1CN(N)C=N1. The molecule has 46 valence electrons. The lowest BCUT2D eigenvalue weighted by atomic mass is 11.0. The lowest BCUT2D eigenvalue weighted by molar-refractivity contribution is 0.182. The number of hydrogen-bond donors (Lipinski definition) is 2. The minimum absolute atomic E-state index is 0.608. The minimum Gasteiger partial charge on any atom is -0.276 e. The van der Waals surface area contributed by atoms with Crippen LogP contribution in [-0.4, -0.2) is 30.2 Å². The van der Waals surface area contributed by atoms with Crippen LogP contribution in [0.5, 0.6) is 0 Å². The van der Waals surface area contributed by atoms with E-state index in [2.05, 4.69) is 10.5 Å². The van der Waals surface area contributed by atoms with Crippen molar-refractivity contribution >= 4 is 6.34 Å². The third-order valence-corrected chi connectivity index (χ3v) is 0.895. The van der Waals surface area contributed by atoms with Gasteiger partial charge in [-0.1, -0.05) is 0 Å². The van der Waals surface area contributed by atoms with Gasteiger partial charge in [-0.15, -0.1) is 5.10 Å². The summed E-state index contributed by atoms with van der Waals surface area (Å²) in [5.74, 6) is 5.30. The second-order valence-corrected chi connectivity index (χ2v) is 1.51. The molecule has 0 fully saturated rings. The van der Waals surface area contributed by atoms with Crippen LogP contribution in [-0.2, 0) is 0 Å². The minimum atomic E-state index is 0.608. The molecule has 0 radical (unpaired) electrons. The highest BCUT2D eigenvalue weighted by molar-refractivity contribution is 5.54. The van der Waals surface area contributed by atoms with Gasteiger partial charge in [0.1, 0.15) is 13.0 Å². The summed E-state index contributed by atoms with van der Waals surface area (Å²) in [7, 11) is 1.79. The summed E-state index contributed by atoms with van der Waals surface area (Å²) >= 11 is 0. The molecule has 3 N–H and O–H groups in total. The number of nitrogens with one attached hydrogen (secondary N) is 1. The second kappa shape index (κ2) is 1.97. The van der Waals surface area contributed by atoms with Crippen molar-refractivity contribution in [1.82, 2.24) is 15.6 Å². The van der Waals surface area contributed by atoms with Gasteiger partial charge in [0.2, 0.25) is 0 Å². The monoisotopic (exact) mass is 115 g/mol. The van der Waals surface area contributed by atoms with Crippen LogP contribution < -0.4 is 11.3 Å². The molecule has 0 bridgehead atoms. The third-order valence-electron chi connectivity index (χ3n) is 0.895. The molecule has 0 atom stereocenters. The van der Waals surface area contributed by atoms with Crippen molar-refractivity contribution in [3.8, 4) is 0 Å². The van der Waals surface area contributed by atoms with Crippen LogP contribution in [0.2, 0.25) is 0 Å². The van der Waals surface area contributed by atoms with Crippen LogP contribution in [0.15, 0.2) is 5.10 Å². The van der Waals surface area contributed by atoms with E-state index in [1.807, 2.05) is 0 Å². The molecule has 0 saturated heterocycles. The van der Waals surface area contributed by atoms with Crippen molar-refractivity contribution in [3.05, 3.63) is 0 Å². The van der Waals surface area contributed by atoms with Crippen molar-refractivity contribution in [2.45, 2.75) is 0 Å². The first-order valence-corrected chi connectivity index (χ1v) is 2.33. The van der Waals surface area contributed by atoms with E-state index < -0.39 is 0 Å². The van der Waals surface area contributed by atoms with Crippen LogP contribution in [0.4, 0.5) is 0 Å². The fourth-order valence-electron chi connectivity index (χ4n) is 0.485. The molecular weight excluding hydrogens is 106 g/mol. The number of hydrogen-bond acceptors (Lipinski definition) is 5. The summed E-state index contributed by atoms with van der Waals surface area (Å²) in [5.41, 5.74) is 2.81. The summed E-state index contributed by atoms with van der Waals surface area (Å²) in [5, 5.41) is 6.94. The van der Waals surface area contributed by atoms with Gasteiger partial charge in [0, 0.05) is 7.05 Å². The van der Waals surface area contributed by atoms with Gasteiger partial charge in [0.25, 0.3) is 0 Å².